The molecule has 0 radical (unpaired) electrons. The van der Waals surface area contributed by atoms with Crippen molar-refractivity contribution in [1.29, 1.82) is 0 Å². The number of aromatic amines is 2. The largest absolute Gasteiger partial charge is 0.453 e. The Hall–Kier alpha value is -6.49. The minimum Gasteiger partial charge on any atom is -0.453 e. The van der Waals surface area contributed by atoms with E-state index in [0.29, 0.717) is 65.7 Å². The van der Waals surface area contributed by atoms with Gasteiger partial charge >= 0.3 is 6.09 Å². The Bertz CT molecular complexity index is 2580. The molecule has 2 aliphatic heterocycles. The Morgan fingerprint density at radius 1 is 0.841 bits per heavy atom. The van der Waals surface area contributed by atoms with Crippen LogP contribution in [-0.2, 0) is 19.1 Å². The van der Waals surface area contributed by atoms with Gasteiger partial charge in [0, 0.05) is 42.3 Å². The molecule has 2 fully saturated rings. The van der Waals surface area contributed by atoms with Crippen molar-refractivity contribution in [2.45, 2.75) is 76.5 Å². The number of nitrogens with one attached hydrogen (secondary N) is 4. The first kappa shape index (κ1) is 43.2. The van der Waals surface area contributed by atoms with E-state index < -0.39 is 30.4 Å². The van der Waals surface area contributed by atoms with E-state index in [2.05, 4.69) is 30.6 Å². The number of hydrogen-bond acceptors (Lipinski definition) is 10. The molecular weight excluding hydrogens is 806 g/mol. The van der Waals surface area contributed by atoms with Crippen molar-refractivity contribution in [3.05, 3.63) is 114 Å². The molecule has 0 saturated carbocycles. The molecule has 3 amide bonds. The second kappa shape index (κ2) is 18.9. The van der Waals surface area contributed by atoms with Gasteiger partial charge in [-0.3, -0.25) is 14.9 Å². The van der Waals surface area contributed by atoms with Crippen LogP contribution in [0.5, 0.6) is 0 Å². The van der Waals surface area contributed by atoms with E-state index in [9.17, 15) is 19.5 Å². The third-order valence-electron chi connectivity index (χ3n) is 11.8. The number of pyridine rings is 1. The van der Waals surface area contributed by atoms with E-state index in [1.165, 1.54) is 20.3 Å². The molecule has 5 N–H and O–H groups in total. The lowest BCUT2D eigenvalue weighted by molar-refractivity contribution is -0.143. The SMILES string of the molecule is COC(=O)N[C@@H](CC(C)C)C(=O)N1CCC[C@H]1c1ncc(-c2ccc3nc(-c4ccc(-c5cnc([C@@H]6CCCN6C(=O)[C@H](NC(O)OC)c6ccccc6)[nH]5)c(F)c4)ccc3c2)[nH]1. The second-order valence-corrected chi connectivity index (χ2v) is 16.5. The van der Waals surface area contributed by atoms with Crippen LogP contribution in [0.3, 0.4) is 0 Å². The number of ether oxygens (including phenoxy) is 2. The average molecular weight is 858 g/mol. The van der Waals surface area contributed by atoms with Crippen molar-refractivity contribution in [2.75, 3.05) is 27.3 Å². The summed E-state index contributed by atoms with van der Waals surface area (Å²) >= 11 is 0. The molecule has 0 aliphatic carbocycles. The number of halogens is 1. The van der Waals surface area contributed by atoms with E-state index >= 15 is 4.39 Å². The highest BCUT2D eigenvalue weighted by molar-refractivity contribution is 5.87. The van der Waals surface area contributed by atoms with E-state index in [4.69, 9.17) is 14.5 Å². The number of aromatic nitrogens is 5. The first-order valence-electron chi connectivity index (χ1n) is 21.3. The van der Waals surface area contributed by atoms with Crippen LogP contribution in [0.25, 0.3) is 44.7 Å². The number of carbonyl (C=O) groups is 3. The van der Waals surface area contributed by atoms with Gasteiger partial charge in [0.2, 0.25) is 18.2 Å². The van der Waals surface area contributed by atoms with Crippen molar-refractivity contribution in [3.63, 3.8) is 0 Å². The highest BCUT2D eigenvalue weighted by Crippen LogP contribution is 2.36. The normalized spacial score (nSPS) is 17.9. The first-order chi connectivity index (χ1) is 30.5. The standard InChI is InChI=1S/C47H52FN9O6/c1-27(2)22-36(54-46(60)62-3)44(58)56-20-8-12-39(56)42-49-25-37(52-42)30-16-19-34-29(23-30)15-18-35(51-34)31-14-17-32(33(48)24-31)38-26-50-43(53-38)40-13-9-21-57(40)45(59)41(55-47(61)63-4)28-10-6-5-7-11-28/h5-7,10-11,14-19,23-27,36,39-41,47,55,61H,8-9,12-13,20-22H2,1-4H3,(H,49,52)(H,50,53)(H,54,60)/t36-,39-,40-,41+,47?/m0/s1. The monoisotopic (exact) mass is 857 g/mol. The van der Waals surface area contributed by atoms with Crippen molar-refractivity contribution in [2.24, 2.45) is 5.92 Å². The molecule has 5 atom stereocenters. The zero-order chi connectivity index (χ0) is 44.2. The Labute approximate surface area is 364 Å². The number of hydrogen-bond donors (Lipinski definition) is 5. The highest BCUT2D eigenvalue weighted by atomic mass is 19.1. The summed E-state index contributed by atoms with van der Waals surface area (Å²) in [5.41, 5.74) is 5.16. The molecule has 1 unspecified atom stereocenters. The number of imidazole rings is 2. The van der Waals surface area contributed by atoms with Gasteiger partial charge in [-0.2, -0.15) is 0 Å². The van der Waals surface area contributed by atoms with Crippen LogP contribution < -0.4 is 10.6 Å². The molecule has 63 heavy (non-hydrogen) atoms. The molecule has 16 heteroatoms. The Morgan fingerprint density at radius 2 is 1.51 bits per heavy atom. The molecule has 2 aliphatic rings. The van der Waals surface area contributed by atoms with Crippen LogP contribution in [0.2, 0.25) is 0 Å². The summed E-state index contributed by atoms with van der Waals surface area (Å²) in [5, 5.41) is 16.7. The molecule has 6 aromatic rings. The minimum absolute atomic E-state index is 0.152. The number of carbonyl (C=O) groups excluding carboxylic acids is 3. The molecule has 15 nitrogen and oxygen atoms in total. The summed E-state index contributed by atoms with van der Waals surface area (Å²) in [6, 6.07) is 21.7. The van der Waals surface area contributed by atoms with Gasteiger partial charge in [-0.15, -0.1) is 0 Å². The third-order valence-corrected chi connectivity index (χ3v) is 11.8. The van der Waals surface area contributed by atoms with Gasteiger partial charge in [0.15, 0.2) is 0 Å². The maximum Gasteiger partial charge on any atom is 0.407 e. The van der Waals surface area contributed by atoms with E-state index in [1.54, 1.807) is 28.3 Å². The number of methoxy groups -OCH3 is 2. The third kappa shape index (κ3) is 9.33. The fourth-order valence-corrected chi connectivity index (χ4v) is 8.70. The van der Waals surface area contributed by atoms with Gasteiger partial charge in [0.1, 0.15) is 29.5 Å². The summed E-state index contributed by atoms with van der Waals surface area (Å²) in [6.07, 6.45) is 4.87. The van der Waals surface area contributed by atoms with Gasteiger partial charge in [0.25, 0.3) is 0 Å². The summed E-state index contributed by atoms with van der Waals surface area (Å²) < 4.78 is 25.7. The van der Waals surface area contributed by atoms with Crippen LogP contribution in [0.4, 0.5) is 9.18 Å². The van der Waals surface area contributed by atoms with Crippen molar-refractivity contribution < 1.29 is 33.4 Å². The summed E-state index contributed by atoms with van der Waals surface area (Å²) in [5.74, 6) is 0.592. The van der Waals surface area contributed by atoms with E-state index in [1.807, 2.05) is 80.6 Å². The molecule has 328 valence electrons. The molecular formula is C47H52FN9O6. The fourth-order valence-electron chi connectivity index (χ4n) is 8.70. The fraction of sp³-hybridized carbons (Fsp3) is 0.362. The Morgan fingerprint density at radius 3 is 2.17 bits per heavy atom. The number of amides is 3. The number of benzene rings is 3. The number of H-pyrrole nitrogens is 2. The zero-order valence-corrected chi connectivity index (χ0v) is 35.7. The molecule has 0 bridgehead atoms. The van der Waals surface area contributed by atoms with Crippen molar-refractivity contribution >= 4 is 28.8 Å². The summed E-state index contributed by atoms with van der Waals surface area (Å²) in [6.45, 7) is 5.08. The smallest absolute Gasteiger partial charge is 0.407 e. The molecule has 5 heterocycles. The van der Waals surface area contributed by atoms with Crippen molar-refractivity contribution in [3.8, 4) is 33.8 Å². The number of likely N-dealkylation sites (tertiary alicyclic amines) is 2. The molecule has 2 saturated heterocycles. The number of aliphatic hydroxyl groups excluding tert-OH is 1. The predicted octanol–water partition coefficient (Wildman–Crippen LogP) is 7.17. The summed E-state index contributed by atoms with van der Waals surface area (Å²) in [7, 11) is 2.64. The lowest BCUT2D eigenvalue weighted by Crippen LogP contribution is -2.49. The van der Waals surface area contributed by atoms with Gasteiger partial charge in [-0.25, -0.2) is 24.1 Å². The number of aliphatic hydroxyl groups is 1. The number of rotatable bonds is 14. The topological polar surface area (TPSA) is 191 Å². The Balaban J connectivity index is 0.957. The summed E-state index contributed by atoms with van der Waals surface area (Å²) in [4.78, 5) is 64.1. The van der Waals surface area contributed by atoms with E-state index in [-0.39, 0.29) is 29.8 Å². The molecule has 3 aromatic heterocycles. The molecule has 0 spiro atoms. The van der Waals surface area contributed by atoms with Crippen LogP contribution in [-0.4, -0.2) is 97.5 Å². The van der Waals surface area contributed by atoms with Crippen LogP contribution in [0.1, 0.15) is 81.3 Å². The molecule has 3 aromatic carbocycles. The number of fused-ring (bicyclic) bond motifs is 1. The number of nitrogens with zero attached hydrogens (tertiary/aromatic N) is 5. The lowest BCUT2D eigenvalue weighted by Gasteiger charge is -2.29. The van der Waals surface area contributed by atoms with Crippen LogP contribution >= 0.6 is 0 Å². The number of alkyl carbamates (subject to hydrolysis) is 1. The van der Waals surface area contributed by atoms with Gasteiger partial charge in [-0.1, -0.05) is 62.4 Å². The maximum absolute atomic E-state index is 15.9. The maximum atomic E-state index is 15.9. The minimum atomic E-state index is -1.34. The van der Waals surface area contributed by atoms with Crippen LogP contribution in [0, 0.1) is 11.7 Å². The van der Waals surface area contributed by atoms with Gasteiger partial charge in [-0.05, 0) is 73.9 Å². The predicted molar refractivity (Wildman–Crippen MR) is 234 cm³/mol. The lowest BCUT2D eigenvalue weighted by atomic mass is 10.0. The zero-order valence-electron chi connectivity index (χ0n) is 35.7. The van der Waals surface area contributed by atoms with E-state index in [0.717, 1.165) is 41.4 Å². The second-order valence-electron chi connectivity index (χ2n) is 16.5. The van der Waals surface area contributed by atoms with Gasteiger partial charge in [0.05, 0.1) is 54.2 Å². The first-order valence-corrected chi connectivity index (χ1v) is 21.3. The van der Waals surface area contributed by atoms with Crippen LogP contribution in [0.15, 0.2) is 91.3 Å². The Kier molecular flexibility index (Phi) is 12.9. The molecule has 8 rings (SSSR count). The van der Waals surface area contributed by atoms with Crippen molar-refractivity contribution in [1.82, 2.24) is 45.4 Å². The quantitative estimate of drug-likeness (QED) is 0.0702. The highest BCUT2D eigenvalue weighted by Gasteiger charge is 2.38. The average Bonchev–Trinajstić information content (AvgIpc) is 4.15. The van der Waals surface area contributed by atoms with Gasteiger partial charge < -0.3 is 39.7 Å².